The van der Waals surface area contributed by atoms with Crippen LogP contribution in [0.2, 0.25) is 15.1 Å². The maximum atomic E-state index is 13.8. The van der Waals surface area contributed by atoms with Gasteiger partial charge in [-0.15, -0.1) is 0 Å². The zero-order valence-corrected chi connectivity index (χ0v) is 11.7. The van der Waals surface area contributed by atoms with Gasteiger partial charge in [0.1, 0.15) is 5.82 Å². The van der Waals surface area contributed by atoms with Crippen molar-refractivity contribution in [2.24, 2.45) is 0 Å². The number of aromatic nitrogens is 1. The Morgan fingerprint density at radius 1 is 0.950 bits per heavy atom. The average molecular weight is 345 g/mol. The molecule has 0 radical (unpaired) electrons. The SMILES string of the molecule is Fc1ccnc(C(F)(F)F)c1-c1ccc(Cl)c(Cl)c1Cl. The zero-order chi connectivity index (χ0) is 15.1. The number of nitrogens with zero attached hydrogens (tertiary/aromatic N) is 1. The number of alkyl halides is 3. The van der Waals surface area contributed by atoms with Crippen LogP contribution >= 0.6 is 34.8 Å². The summed E-state index contributed by atoms with van der Waals surface area (Å²) in [5.41, 5.74) is -2.36. The van der Waals surface area contributed by atoms with E-state index in [-0.39, 0.29) is 20.6 Å². The Kier molecular flexibility index (Phi) is 4.14. The monoisotopic (exact) mass is 343 g/mol. The molecule has 1 aromatic heterocycles. The highest BCUT2D eigenvalue weighted by molar-refractivity contribution is 6.49. The molecule has 8 heteroatoms. The zero-order valence-electron chi connectivity index (χ0n) is 9.40. The van der Waals surface area contributed by atoms with E-state index >= 15 is 0 Å². The van der Waals surface area contributed by atoms with Gasteiger partial charge in [0.05, 0.1) is 15.1 Å². The van der Waals surface area contributed by atoms with E-state index in [0.29, 0.717) is 0 Å². The van der Waals surface area contributed by atoms with Crippen molar-refractivity contribution in [2.75, 3.05) is 0 Å². The molecule has 0 saturated heterocycles. The summed E-state index contributed by atoms with van der Waals surface area (Å²) in [6.07, 6.45) is -4.10. The fraction of sp³-hybridized carbons (Fsp3) is 0.0833. The molecule has 0 spiro atoms. The van der Waals surface area contributed by atoms with Gasteiger partial charge in [-0.3, -0.25) is 4.98 Å². The van der Waals surface area contributed by atoms with Gasteiger partial charge in [-0.2, -0.15) is 13.2 Å². The Hall–Kier alpha value is -1.04. The molecule has 0 N–H and O–H groups in total. The van der Waals surface area contributed by atoms with Gasteiger partial charge in [-0.1, -0.05) is 40.9 Å². The van der Waals surface area contributed by atoms with Crippen molar-refractivity contribution >= 4 is 34.8 Å². The molecule has 20 heavy (non-hydrogen) atoms. The summed E-state index contributed by atoms with van der Waals surface area (Å²) >= 11 is 17.3. The van der Waals surface area contributed by atoms with Crippen LogP contribution < -0.4 is 0 Å². The predicted octanol–water partition coefficient (Wildman–Crippen LogP) is 5.87. The number of rotatable bonds is 1. The van der Waals surface area contributed by atoms with E-state index in [1.54, 1.807) is 0 Å². The number of pyridine rings is 1. The van der Waals surface area contributed by atoms with Gasteiger partial charge in [0.15, 0.2) is 5.69 Å². The molecule has 0 amide bonds. The third-order valence-electron chi connectivity index (χ3n) is 2.47. The molecule has 0 aliphatic carbocycles. The molecule has 2 rings (SSSR count). The van der Waals surface area contributed by atoms with Crippen molar-refractivity contribution < 1.29 is 17.6 Å². The fourth-order valence-corrected chi connectivity index (χ4v) is 2.26. The lowest BCUT2D eigenvalue weighted by Gasteiger charge is -2.14. The molecule has 0 bridgehead atoms. The van der Waals surface area contributed by atoms with Gasteiger partial charge in [0.25, 0.3) is 0 Å². The Morgan fingerprint density at radius 2 is 1.60 bits per heavy atom. The van der Waals surface area contributed by atoms with Gasteiger partial charge < -0.3 is 0 Å². The van der Waals surface area contributed by atoms with Gasteiger partial charge in [0, 0.05) is 17.3 Å². The van der Waals surface area contributed by atoms with Crippen molar-refractivity contribution in [3.05, 3.63) is 51.0 Å². The van der Waals surface area contributed by atoms with Crippen LogP contribution in [0.1, 0.15) is 5.69 Å². The van der Waals surface area contributed by atoms with E-state index in [4.69, 9.17) is 34.8 Å². The van der Waals surface area contributed by atoms with Crippen molar-refractivity contribution in [1.29, 1.82) is 0 Å². The normalized spacial score (nSPS) is 11.8. The quantitative estimate of drug-likeness (QED) is 0.466. The van der Waals surface area contributed by atoms with E-state index in [1.807, 2.05) is 0 Å². The van der Waals surface area contributed by atoms with Crippen LogP contribution in [0.3, 0.4) is 0 Å². The molecule has 1 aromatic carbocycles. The van der Waals surface area contributed by atoms with Crippen LogP contribution in [0.4, 0.5) is 17.6 Å². The summed E-state index contributed by atoms with van der Waals surface area (Å²) in [6, 6.07) is 3.20. The smallest absolute Gasteiger partial charge is 0.251 e. The van der Waals surface area contributed by atoms with Gasteiger partial charge in [-0.05, 0) is 12.1 Å². The lowest BCUT2D eigenvalue weighted by Crippen LogP contribution is -2.11. The molecule has 1 heterocycles. The largest absolute Gasteiger partial charge is 0.434 e. The molecule has 0 fully saturated rings. The minimum Gasteiger partial charge on any atom is -0.251 e. The Bertz CT molecular complexity index is 670. The third kappa shape index (κ3) is 2.71. The molecule has 2 aromatic rings. The summed E-state index contributed by atoms with van der Waals surface area (Å²) in [4.78, 5) is 3.18. The van der Waals surface area contributed by atoms with Gasteiger partial charge in [-0.25, -0.2) is 4.39 Å². The Morgan fingerprint density at radius 3 is 2.20 bits per heavy atom. The number of hydrogen-bond acceptors (Lipinski definition) is 1. The summed E-state index contributed by atoms with van der Waals surface area (Å²) < 4.78 is 52.5. The van der Waals surface area contributed by atoms with Crippen LogP contribution in [0, 0.1) is 5.82 Å². The van der Waals surface area contributed by atoms with Crippen LogP contribution in [0.25, 0.3) is 11.1 Å². The maximum Gasteiger partial charge on any atom is 0.434 e. The number of hydrogen-bond donors (Lipinski definition) is 0. The first-order valence-corrected chi connectivity index (χ1v) is 6.22. The molecule has 0 aliphatic rings. The molecular formula is C12H4Cl3F4N. The molecule has 0 atom stereocenters. The summed E-state index contributed by atoms with van der Waals surface area (Å²) in [5.74, 6) is -1.10. The fourth-order valence-electron chi connectivity index (χ4n) is 1.63. The van der Waals surface area contributed by atoms with Crippen LogP contribution in [0.15, 0.2) is 24.4 Å². The second-order valence-corrected chi connectivity index (χ2v) is 4.90. The van der Waals surface area contributed by atoms with Crippen LogP contribution in [0.5, 0.6) is 0 Å². The Balaban J connectivity index is 2.80. The van der Waals surface area contributed by atoms with E-state index in [9.17, 15) is 17.6 Å². The average Bonchev–Trinajstić information content (AvgIpc) is 2.36. The molecule has 0 saturated carbocycles. The second-order valence-electron chi connectivity index (χ2n) is 3.74. The lowest BCUT2D eigenvalue weighted by atomic mass is 10.0. The topological polar surface area (TPSA) is 12.9 Å². The van der Waals surface area contributed by atoms with Crippen LogP contribution in [-0.4, -0.2) is 4.98 Å². The van der Waals surface area contributed by atoms with Crippen molar-refractivity contribution in [3.8, 4) is 11.1 Å². The lowest BCUT2D eigenvalue weighted by molar-refractivity contribution is -0.140. The second kappa shape index (κ2) is 5.39. The summed E-state index contributed by atoms with van der Waals surface area (Å²) in [6.45, 7) is 0. The minimum atomic E-state index is -4.83. The van der Waals surface area contributed by atoms with Gasteiger partial charge in [0.2, 0.25) is 0 Å². The van der Waals surface area contributed by atoms with E-state index in [0.717, 1.165) is 18.3 Å². The highest BCUT2D eigenvalue weighted by atomic mass is 35.5. The van der Waals surface area contributed by atoms with Crippen molar-refractivity contribution in [1.82, 2.24) is 4.98 Å². The molecule has 0 unspecified atom stereocenters. The third-order valence-corrected chi connectivity index (χ3v) is 3.77. The highest BCUT2D eigenvalue weighted by Crippen LogP contribution is 2.43. The summed E-state index contributed by atoms with van der Waals surface area (Å²) in [5, 5.41) is -0.364. The van der Waals surface area contributed by atoms with Crippen molar-refractivity contribution in [3.63, 3.8) is 0 Å². The van der Waals surface area contributed by atoms with Crippen LogP contribution in [-0.2, 0) is 6.18 Å². The first kappa shape index (κ1) is 15.4. The maximum absolute atomic E-state index is 13.8. The van der Waals surface area contributed by atoms with Crippen molar-refractivity contribution in [2.45, 2.75) is 6.18 Å². The van der Waals surface area contributed by atoms with E-state index in [2.05, 4.69) is 4.98 Å². The standard InChI is InChI=1S/C12H4Cl3F4N/c13-6-2-1-5(9(14)10(6)15)8-7(16)3-4-20-11(8)12(17,18)19/h1-4H. The highest BCUT2D eigenvalue weighted by Gasteiger charge is 2.37. The first-order valence-electron chi connectivity index (χ1n) is 5.09. The van der Waals surface area contributed by atoms with E-state index in [1.165, 1.54) is 6.07 Å². The minimum absolute atomic E-state index is 0.0540. The molecule has 0 aliphatic heterocycles. The Labute approximate surface area is 126 Å². The number of benzene rings is 1. The first-order chi connectivity index (χ1) is 9.23. The molecule has 106 valence electrons. The predicted molar refractivity (Wildman–Crippen MR) is 69.7 cm³/mol. The van der Waals surface area contributed by atoms with Gasteiger partial charge >= 0.3 is 6.18 Å². The summed E-state index contributed by atoms with van der Waals surface area (Å²) in [7, 11) is 0. The van der Waals surface area contributed by atoms with E-state index < -0.39 is 23.3 Å². The number of halogens is 7. The molecule has 1 nitrogen and oxygen atoms in total. The molecular weight excluding hydrogens is 340 g/mol.